The van der Waals surface area contributed by atoms with E-state index in [2.05, 4.69) is 5.10 Å². The number of carbonyl (C=O) groups excluding carboxylic acids is 1. The van der Waals surface area contributed by atoms with Gasteiger partial charge in [-0.05, 0) is 26.0 Å². The van der Waals surface area contributed by atoms with Gasteiger partial charge in [-0.15, -0.1) is 0 Å². The summed E-state index contributed by atoms with van der Waals surface area (Å²) in [7, 11) is 0. The lowest BCUT2D eigenvalue weighted by atomic mass is 10.2. The third kappa shape index (κ3) is 3.18. The van der Waals surface area contributed by atoms with E-state index >= 15 is 0 Å². The second-order valence-corrected chi connectivity index (χ2v) is 4.60. The summed E-state index contributed by atoms with van der Waals surface area (Å²) >= 11 is 0. The third-order valence-corrected chi connectivity index (χ3v) is 3.16. The Balaban J connectivity index is 2.01. The number of hydrogen-bond acceptors (Lipinski definition) is 4. The highest BCUT2D eigenvalue weighted by molar-refractivity contribution is 5.69. The maximum absolute atomic E-state index is 13.4. The monoisotopic (exact) mass is 295 g/mol. The van der Waals surface area contributed by atoms with Gasteiger partial charge >= 0.3 is 5.97 Å². The van der Waals surface area contributed by atoms with Gasteiger partial charge in [0.1, 0.15) is 24.8 Å². The van der Waals surface area contributed by atoms with Gasteiger partial charge in [-0.25, -0.2) is 8.78 Å². The maximum Gasteiger partial charge on any atom is 0.328 e. The van der Waals surface area contributed by atoms with Crippen molar-refractivity contribution in [3.8, 4) is 0 Å². The molecular formula is C14H15F2N3O2. The normalized spacial score (nSPS) is 10.7. The second-order valence-electron chi connectivity index (χ2n) is 4.60. The van der Waals surface area contributed by atoms with E-state index in [4.69, 9.17) is 10.5 Å². The molecule has 1 aromatic heterocycles. The van der Waals surface area contributed by atoms with Crippen molar-refractivity contribution in [1.82, 2.24) is 9.78 Å². The summed E-state index contributed by atoms with van der Waals surface area (Å²) in [6, 6.07) is 3.45. The van der Waals surface area contributed by atoms with E-state index in [0.29, 0.717) is 17.1 Å². The average molecular weight is 295 g/mol. The highest BCUT2D eigenvalue weighted by Crippen LogP contribution is 2.16. The predicted molar refractivity (Wildman–Crippen MR) is 72.3 cm³/mol. The molecule has 7 heteroatoms. The number of nitrogens with zero attached hydrogens (tertiary/aromatic N) is 2. The van der Waals surface area contributed by atoms with E-state index in [1.165, 1.54) is 10.7 Å². The Morgan fingerprint density at radius 3 is 2.48 bits per heavy atom. The minimum atomic E-state index is -0.752. The summed E-state index contributed by atoms with van der Waals surface area (Å²) < 4.78 is 33.0. The summed E-state index contributed by atoms with van der Waals surface area (Å²) in [6.07, 6.45) is 0. The molecule has 0 bridgehead atoms. The lowest BCUT2D eigenvalue weighted by molar-refractivity contribution is -0.146. The number of carbonyl (C=O) groups is 1. The molecule has 0 spiro atoms. The smallest absolute Gasteiger partial charge is 0.328 e. The molecule has 0 aliphatic heterocycles. The summed E-state index contributed by atoms with van der Waals surface area (Å²) in [5.74, 6) is -2.15. The van der Waals surface area contributed by atoms with Gasteiger partial charge in [0.15, 0.2) is 0 Å². The van der Waals surface area contributed by atoms with Crippen LogP contribution in [0.25, 0.3) is 0 Å². The van der Waals surface area contributed by atoms with Gasteiger partial charge in [-0.3, -0.25) is 9.48 Å². The first kappa shape index (κ1) is 15.0. The lowest BCUT2D eigenvalue weighted by Crippen LogP contribution is -2.16. The van der Waals surface area contributed by atoms with Crippen LogP contribution in [0.1, 0.15) is 17.0 Å². The van der Waals surface area contributed by atoms with Gasteiger partial charge in [0.25, 0.3) is 0 Å². The van der Waals surface area contributed by atoms with E-state index in [1.54, 1.807) is 13.8 Å². The summed E-state index contributed by atoms with van der Waals surface area (Å²) in [4.78, 5) is 11.7. The molecule has 0 atom stereocenters. The minimum absolute atomic E-state index is 0.167. The summed E-state index contributed by atoms with van der Waals surface area (Å²) in [5, 5.41) is 4.08. The maximum atomic E-state index is 13.4. The van der Waals surface area contributed by atoms with Crippen molar-refractivity contribution < 1.29 is 18.3 Å². The minimum Gasteiger partial charge on any atom is -0.459 e. The Kier molecular flexibility index (Phi) is 4.21. The molecule has 0 aliphatic carbocycles. The molecule has 5 nitrogen and oxygen atoms in total. The van der Waals surface area contributed by atoms with Crippen molar-refractivity contribution >= 4 is 11.7 Å². The first-order valence-corrected chi connectivity index (χ1v) is 6.28. The van der Waals surface area contributed by atoms with Crippen LogP contribution < -0.4 is 5.73 Å². The number of halogens is 2. The molecule has 1 heterocycles. The first-order valence-electron chi connectivity index (χ1n) is 6.28. The zero-order chi connectivity index (χ0) is 15.6. The number of esters is 1. The van der Waals surface area contributed by atoms with Gasteiger partial charge in [-0.1, -0.05) is 6.07 Å². The fraction of sp³-hybridized carbons (Fsp3) is 0.286. The van der Waals surface area contributed by atoms with E-state index in [1.807, 2.05) is 0 Å². The summed E-state index contributed by atoms with van der Waals surface area (Å²) in [6.45, 7) is 2.81. The molecule has 2 rings (SSSR count). The van der Waals surface area contributed by atoms with Crippen LogP contribution in [0.15, 0.2) is 18.2 Å². The molecule has 21 heavy (non-hydrogen) atoms. The topological polar surface area (TPSA) is 70.1 Å². The van der Waals surface area contributed by atoms with Crippen LogP contribution in [0, 0.1) is 25.5 Å². The Labute approximate surface area is 120 Å². The van der Waals surface area contributed by atoms with E-state index in [9.17, 15) is 13.6 Å². The van der Waals surface area contributed by atoms with E-state index in [0.717, 1.165) is 12.1 Å². The first-order chi connectivity index (χ1) is 9.90. The van der Waals surface area contributed by atoms with Crippen LogP contribution in [0.3, 0.4) is 0 Å². The number of nitrogens with two attached hydrogens (primary N) is 1. The van der Waals surface area contributed by atoms with Crippen LogP contribution in [-0.4, -0.2) is 15.7 Å². The molecule has 0 amide bonds. The van der Waals surface area contributed by atoms with Crippen molar-refractivity contribution in [3.63, 3.8) is 0 Å². The van der Waals surface area contributed by atoms with Crippen molar-refractivity contribution in [3.05, 3.63) is 46.8 Å². The summed E-state index contributed by atoms with van der Waals surface area (Å²) in [5.41, 5.74) is 7.22. The van der Waals surface area contributed by atoms with Crippen molar-refractivity contribution in [2.45, 2.75) is 27.0 Å². The number of aryl methyl sites for hydroxylation is 1. The highest BCUT2D eigenvalue weighted by atomic mass is 19.1. The van der Waals surface area contributed by atoms with E-state index in [-0.39, 0.29) is 12.1 Å². The number of benzene rings is 1. The third-order valence-electron chi connectivity index (χ3n) is 3.16. The highest BCUT2D eigenvalue weighted by Gasteiger charge is 2.14. The lowest BCUT2D eigenvalue weighted by Gasteiger charge is -2.08. The number of rotatable bonds is 4. The van der Waals surface area contributed by atoms with Crippen LogP contribution in [0.4, 0.5) is 14.5 Å². The van der Waals surface area contributed by atoms with Crippen LogP contribution in [0.5, 0.6) is 0 Å². The largest absolute Gasteiger partial charge is 0.459 e. The fourth-order valence-corrected chi connectivity index (χ4v) is 1.86. The van der Waals surface area contributed by atoms with Gasteiger partial charge in [0.2, 0.25) is 0 Å². The number of hydrogen-bond donors (Lipinski definition) is 1. The molecule has 0 radical (unpaired) electrons. The Hall–Kier alpha value is -2.44. The predicted octanol–water partition coefficient (Wildman–Crippen LogP) is 2.10. The molecule has 0 saturated heterocycles. The van der Waals surface area contributed by atoms with Crippen molar-refractivity contribution in [2.75, 3.05) is 5.73 Å². The quantitative estimate of drug-likeness (QED) is 0.877. The SMILES string of the molecule is Cc1nn(CC(=O)OCc2c(F)cccc2F)c(C)c1N. The molecule has 0 aliphatic rings. The molecule has 0 unspecified atom stereocenters. The molecule has 0 saturated carbocycles. The molecular weight excluding hydrogens is 280 g/mol. The molecule has 1 aromatic carbocycles. The van der Waals surface area contributed by atoms with Gasteiger partial charge in [0, 0.05) is 0 Å². The zero-order valence-electron chi connectivity index (χ0n) is 11.7. The number of ether oxygens (including phenoxy) is 1. The number of nitrogen functional groups attached to an aromatic ring is 1. The van der Waals surface area contributed by atoms with Crippen molar-refractivity contribution in [2.24, 2.45) is 0 Å². The zero-order valence-corrected chi connectivity index (χ0v) is 11.7. The van der Waals surface area contributed by atoms with Crippen molar-refractivity contribution in [1.29, 1.82) is 0 Å². The Morgan fingerprint density at radius 1 is 1.33 bits per heavy atom. The average Bonchev–Trinajstić information content (AvgIpc) is 2.66. The van der Waals surface area contributed by atoms with Crippen LogP contribution in [-0.2, 0) is 22.7 Å². The Morgan fingerprint density at radius 2 is 1.95 bits per heavy atom. The molecule has 2 aromatic rings. The van der Waals surface area contributed by atoms with Crippen LogP contribution in [0.2, 0.25) is 0 Å². The standard InChI is InChI=1S/C14H15F2N3O2/c1-8-14(17)9(2)19(18-8)6-13(20)21-7-10-11(15)4-3-5-12(10)16/h3-5H,6-7,17H2,1-2H3. The Bertz CT molecular complexity index is 663. The van der Waals surface area contributed by atoms with E-state index < -0.39 is 24.2 Å². The van der Waals surface area contributed by atoms with Gasteiger partial charge in [-0.2, -0.15) is 5.10 Å². The van der Waals surface area contributed by atoms with Gasteiger partial charge in [0.05, 0.1) is 22.6 Å². The number of aromatic nitrogens is 2. The van der Waals surface area contributed by atoms with Gasteiger partial charge < -0.3 is 10.5 Å². The molecule has 2 N–H and O–H groups in total. The molecule has 0 fully saturated rings. The fourth-order valence-electron chi connectivity index (χ4n) is 1.86. The second kappa shape index (κ2) is 5.90. The van der Waals surface area contributed by atoms with Crippen LogP contribution >= 0.6 is 0 Å². The molecule has 112 valence electrons. The number of anilines is 1.